The minimum atomic E-state index is -1.34. The first-order valence-corrected chi connectivity index (χ1v) is 10.6. The summed E-state index contributed by atoms with van der Waals surface area (Å²) in [5, 5.41) is 0. The van der Waals surface area contributed by atoms with E-state index in [2.05, 4.69) is 39.2 Å². The van der Waals surface area contributed by atoms with E-state index < -0.39 is 8.24 Å². The van der Waals surface area contributed by atoms with Gasteiger partial charge in [0.15, 0.2) is 0 Å². The summed E-state index contributed by atoms with van der Waals surface area (Å²) in [4.78, 5) is 4.06. The van der Waals surface area contributed by atoms with Crippen LogP contribution in [0.5, 0.6) is 0 Å². The topological polar surface area (TPSA) is 12.0 Å². The maximum absolute atomic E-state index is 4.06. The summed E-state index contributed by atoms with van der Waals surface area (Å²) in [5.74, 6) is 0. The fraction of sp³-hybridized carbons (Fsp3) is 0.875. The van der Waals surface area contributed by atoms with Crippen LogP contribution in [0.15, 0.2) is 11.1 Å². The zero-order valence-corrected chi connectivity index (χ0v) is 14.0. The second-order valence-corrected chi connectivity index (χ2v) is 12.1. The molecular weight excluding hydrogens is 234 g/mol. The van der Waals surface area contributed by atoms with Crippen molar-refractivity contribution in [3.05, 3.63) is 11.1 Å². The van der Waals surface area contributed by atoms with Gasteiger partial charge in [-0.05, 0) is 70.9 Å². The Morgan fingerprint density at radius 3 is 2.44 bits per heavy atom. The van der Waals surface area contributed by atoms with E-state index in [1.54, 1.807) is 0 Å². The SMILES string of the molecule is CC[Si@](C)(NC(C)(C)C)C1CCC2=C1CCCC2. The lowest BCUT2D eigenvalue weighted by Crippen LogP contribution is -2.58. The Bertz CT molecular complexity index is 339. The molecule has 0 radical (unpaired) electrons. The summed E-state index contributed by atoms with van der Waals surface area (Å²) in [5.41, 5.74) is 4.95. The van der Waals surface area contributed by atoms with E-state index in [1.807, 2.05) is 11.1 Å². The van der Waals surface area contributed by atoms with E-state index in [9.17, 15) is 0 Å². The van der Waals surface area contributed by atoms with E-state index >= 15 is 0 Å². The highest BCUT2D eigenvalue weighted by molar-refractivity contribution is 6.78. The lowest BCUT2D eigenvalue weighted by Gasteiger charge is -2.41. The number of hydrogen-bond acceptors (Lipinski definition) is 1. The van der Waals surface area contributed by atoms with Crippen molar-refractivity contribution in [3.63, 3.8) is 0 Å². The minimum Gasteiger partial charge on any atom is -0.332 e. The highest BCUT2D eigenvalue weighted by atomic mass is 28.3. The molecule has 1 nitrogen and oxygen atoms in total. The van der Waals surface area contributed by atoms with E-state index in [1.165, 1.54) is 44.6 Å². The van der Waals surface area contributed by atoms with Gasteiger partial charge in [-0.15, -0.1) is 0 Å². The van der Waals surface area contributed by atoms with Crippen LogP contribution < -0.4 is 4.98 Å². The van der Waals surface area contributed by atoms with Crippen LogP contribution in [0.25, 0.3) is 0 Å². The van der Waals surface area contributed by atoms with Crippen LogP contribution in [-0.4, -0.2) is 13.8 Å². The second-order valence-electron chi connectivity index (χ2n) is 7.57. The quantitative estimate of drug-likeness (QED) is 0.559. The highest BCUT2D eigenvalue weighted by Crippen LogP contribution is 2.49. The van der Waals surface area contributed by atoms with Crippen molar-refractivity contribution >= 4 is 8.24 Å². The summed E-state index contributed by atoms with van der Waals surface area (Å²) in [6, 6.07) is 1.37. The normalized spacial score (nSPS) is 28.2. The Kier molecular flexibility index (Phi) is 4.08. The van der Waals surface area contributed by atoms with Gasteiger partial charge in [0.2, 0.25) is 0 Å². The molecule has 104 valence electrons. The van der Waals surface area contributed by atoms with E-state index in [0.29, 0.717) is 0 Å². The Morgan fingerprint density at radius 2 is 1.83 bits per heavy atom. The van der Waals surface area contributed by atoms with Gasteiger partial charge in [-0.25, -0.2) is 0 Å². The predicted octanol–water partition coefficient (Wildman–Crippen LogP) is 5.00. The maximum Gasteiger partial charge on any atom is 0.129 e. The van der Waals surface area contributed by atoms with Crippen LogP contribution in [0.1, 0.15) is 66.2 Å². The molecule has 2 rings (SSSR count). The van der Waals surface area contributed by atoms with Crippen LogP contribution in [0.3, 0.4) is 0 Å². The molecule has 1 unspecified atom stereocenters. The fourth-order valence-electron chi connectivity index (χ4n) is 4.17. The van der Waals surface area contributed by atoms with Crippen molar-refractivity contribution in [2.24, 2.45) is 0 Å². The third-order valence-corrected chi connectivity index (χ3v) is 9.91. The molecule has 18 heavy (non-hydrogen) atoms. The minimum absolute atomic E-state index is 0.273. The molecule has 0 aliphatic heterocycles. The zero-order valence-electron chi connectivity index (χ0n) is 13.0. The molecule has 2 aliphatic rings. The van der Waals surface area contributed by atoms with Gasteiger partial charge in [-0.2, -0.15) is 0 Å². The lowest BCUT2D eigenvalue weighted by atomic mass is 9.94. The molecule has 0 aromatic heterocycles. The number of hydrogen-bond donors (Lipinski definition) is 1. The first-order valence-electron chi connectivity index (χ1n) is 7.86. The molecule has 2 aliphatic carbocycles. The Morgan fingerprint density at radius 1 is 1.17 bits per heavy atom. The zero-order chi connectivity index (χ0) is 13.4. The van der Waals surface area contributed by atoms with E-state index in [4.69, 9.17) is 0 Å². The molecular formula is C16H31NSi. The molecule has 0 heterocycles. The van der Waals surface area contributed by atoms with Gasteiger partial charge in [0.05, 0.1) is 0 Å². The van der Waals surface area contributed by atoms with E-state index in [0.717, 1.165) is 5.54 Å². The average molecular weight is 266 g/mol. The van der Waals surface area contributed by atoms with Gasteiger partial charge in [-0.1, -0.05) is 24.6 Å². The Balaban J connectivity index is 2.20. The summed E-state index contributed by atoms with van der Waals surface area (Å²) >= 11 is 0. The van der Waals surface area contributed by atoms with Crippen molar-refractivity contribution in [2.45, 2.75) is 89.9 Å². The average Bonchev–Trinajstić information content (AvgIpc) is 2.71. The first-order chi connectivity index (χ1) is 8.36. The second kappa shape index (κ2) is 5.13. The van der Waals surface area contributed by atoms with Crippen molar-refractivity contribution in [1.29, 1.82) is 0 Å². The molecule has 0 aromatic carbocycles. The number of rotatable bonds is 3. The molecule has 0 bridgehead atoms. The van der Waals surface area contributed by atoms with Gasteiger partial charge in [0, 0.05) is 5.54 Å². The van der Waals surface area contributed by atoms with Gasteiger partial charge in [0.25, 0.3) is 0 Å². The van der Waals surface area contributed by atoms with Crippen LogP contribution in [-0.2, 0) is 0 Å². The molecule has 0 fully saturated rings. The Labute approximate surface area is 115 Å². The lowest BCUT2D eigenvalue weighted by molar-refractivity contribution is 0.503. The number of nitrogens with one attached hydrogen (secondary N) is 1. The van der Waals surface area contributed by atoms with Gasteiger partial charge in [-0.3, -0.25) is 0 Å². The summed E-state index contributed by atoms with van der Waals surface area (Å²) in [6.45, 7) is 12.0. The van der Waals surface area contributed by atoms with Crippen LogP contribution >= 0.6 is 0 Å². The summed E-state index contributed by atoms with van der Waals surface area (Å²) in [7, 11) is -1.34. The smallest absolute Gasteiger partial charge is 0.129 e. The van der Waals surface area contributed by atoms with Gasteiger partial charge < -0.3 is 4.98 Å². The van der Waals surface area contributed by atoms with Crippen LogP contribution in [0, 0.1) is 0 Å². The largest absolute Gasteiger partial charge is 0.332 e. The van der Waals surface area contributed by atoms with Gasteiger partial charge in [0.1, 0.15) is 8.24 Å². The van der Waals surface area contributed by atoms with E-state index in [-0.39, 0.29) is 5.54 Å². The molecule has 0 aromatic rings. The molecule has 2 heteroatoms. The maximum atomic E-state index is 4.06. The first kappa shape index (κ1) is 14.3. The van der Waals surface area contributed by atoms with Crippen molar-refractivity contribution in [3.8, 4) is 0 Å². The number of allylic oxidation sites excluding steroid dienone is 2. The van der Waals surface area contributed by atoms with Crippen LogP contribution in [0.4, 0.5) is 0 Å². The summed E-state index contributed by atoms with van der Waals surface area (Å²) in [6.07, 6.45) is 8.57. The monoisotopic (exact) mass is 265 g/mol. The molecule has 0 saturated heterocycles. The highest BCUT2D eigenvalue weighted by Gasteiger charge is 2.43. The fourth-order valence-corrected chi connectivity index (χ4v) is 8.63. The Hall–Kier alpha value is -0.0831. The third-order valence-electron chi connectivity index (χ3n) is 4.95. The molecule has 1 N–H and O–H groups in total. The summed E-state index contributed by atoms with van der Waals surface area (Å²) < 4.78 is 0. The predicted molar refractivity (Wildman–Crippen MR) is 83.5 cm³/mol. The van der Waals surface area contributed by atoms with Crippen molar-refractivity contribution in [1.82, 2.24) is 4.98 Å². The molecule has 0 saturated carbocycles. The van der Waals surface area contributed by atoms with Crippen LogP contribution in [0.2, 0.25) is 18.1 Å². The standard InChI is InChI=1S/C16H31NSi/c1-6-18(5,17-16(2,3)4)15-12-11-13-9-7-8-10-14(13)15/h15,17H,6-12H2,1-5H3/t15?,18-/m0/s1. The van der Waals surface area contributed by atoms with Gasteiger partial charge >= 0.3 is 0 Å². The van der Waals surface area contributed by atoms with Crippen molar-refractivity contribution < 1.29 is 0 Å². The molecule has 2 atom stereocenters. The van der Waals surface area contributed by atoms with Crippen molar-refractivity contribution in [2.75, 3.05) is 0 Å². The molecule has 0 spiro atoms. The molecule has 0 amide bonds. The third kappa shape index (κ3) is 2.90.